The first kappa shape index (κ1) is 14.1. The zero-order valence-corrected chi connectivity index (χ0v) is 13.2. The average molecular weight is 369 g/mol. The molecule has 0 amide bonds. The van der Waals surface area contributed by atoms with Crippen molar-refractivity contribution in [2.75, 3.05) is 7.11 Å². The van der Waals surface area contributed by atoms with Gasteiger partial charge in [0, 0.05) is 0 Å². The van der Waals surface area contributed by atoms with Crippen LogP contribution in [0.5, 0.6) is 5.75 Å². The summed E-state index contributed by atoms with van der Waals surface area (Å²) in [5.74, 6) is 0.144. The van der Waals surface area contributed by atoms with Crippen LogP contribution < -0.4 is 10.2 Å². The second kappa shape index (κ2) is 5.15. The Kier molecular flexibility index (Phi) is 3.45. The summed E-state index contributed by atoms with van der Waals surface area (Å²) in [6, 6.07) is 8.39. The topological polar surface area (TPSA) is 69.4 Å². The van der Waals surface area contributed by atoms with Crippen molar-refractivity contribution in [2.45, 2.75) is 0 Å². The van der Waals surface area contributed by atoms with Crippen LogP contribution in [0.1, 0.15) is 0 Å². The molecule has 0 fully saturated rings. The van der Waals surface area contributed by atoms with Crippen LogP contribution in [0.4, 0.5) is 5.69 Å². The minimum atomic E-state index is -0.499. The quantitative estimate of drug-likeness (QED) is 0.302. The van der Waals surface area contributed by atoms with E-state index in [4.69, 9.17) is 16.3 Å². The van der Waals surface area contributed by atoms with Gasteiger partial charge in [-0.1, -0.05) is 0 Å². The third-order valence-corrected chi connectivity index (χ3v) is 6.03. The Morgan fingerprint density at radius 2 is 2.05 bits per heavy atom. The molecule has 0 atom stereocenters. The van der Waals surface area contributed by atoms with E-state index in [1.165, 1.54) is 13.2 Å². The second-order valence-electron chi connectivity index (χ2n) is 4.30. The van der Waals surface area contributed by atoms with Crippen LogP contribution in [-0.4, -0.2) is 26.5 Å². The van der Waals surface area contributed by atoms with Crippen molar-refractivity contribution in [1.82, 2.24) is 0 Å². The standard InChI is InChI=1S/C14H8ClNO4Se/c1-20-9-6-8(16(18)19)14-11(12(9)15)13(17)7-4-2-3-5-10(7)21-14/h2-6H,1H3. The molecular weight excluding hydrogens is 361 g/mol. The van der Waals surface area contributed by atoms with E-state index in [0.717, 1.165) is 4.26 Å². The minimum absolute atomic E-state index is 0.117. The van der Waals surface area contributed by atoms with Gasteiger partial charge in [0.15, 0.2) is 0 Å². The number of nitro benzene ring substituents is 1. The average Bonchev–Trinajstić information content (AvgIpc) is 2.47. The fourth-order valence-corrected chi connectivity index (χ4v) is 5.08. The molecule has 0 unspecified atom stereocenters. The first-order valence-corrected chi connectivity index (χ1v) is 8.00. The molecule has 7 heteroatoms. The monoisotopic (exact) mass is 369 g/mol. The molecule has 2 aromatic carbocycles. The fraction of sp³-hybridized carbons (Fsp3) is 0.0714. The zero-order valence-electron chi connectivity index (χ0n) is 10.8. The second-order valence-corrected chi connectivity index (χ2v) is 6.89. The van der Waals surface area contributed by atoms with Gasteiger partial charge >= 0.3 is 129 Å². The Labute approximate surface area is 129 Å². The molecule has 21 heavy (non-hydrogen) atoms. The van der Waals surface area contributed by atoms with E-state index in [2.05, 4.69) is 0 Å². The molecule has 1 heterocycles. The SMILES string of the molecule is COc1cc([N+](=O)[O-])c2[se]c3ccccc3c(=O)c2c1Cl. The molecule has 0 saturated heterocycles. The van der Waals surface area contributed by atoms with Crippen LogP contribution in [-0.2, 0) is 0 Å². The van der Waals surface area contributed by atoms with Gasteiger partial charge in [-0.05, 0) is 0 Å². The number of halogens is 1. The number of benzene rings is 2. The van der Waals surface area contributed by atoms with Crippen LogP contribution in [0.15, 0.2) is 35.1 Å². The van der Waals surface area contributed by atoms with Crippen LogP contribution >= 0.6 is 11.6 Å². The van der Waals surface area contributed by atoms with E-state index in [-0.39, 0.29) is 41.8 Å². The number of hydrogen-bond donors (Lipinski definition) is 0. The van der Waals surface area contributed by atoms with E-state index < -0.39 is 4.92 Å². The van der Waals surface area contributed by atoms with Gasteiger partial charge in [-0.2, -0.15) is 0 Å². The summed E-state index contributed by atoms with van der Waals surface area (Å²) < 4.78 is 6.29. The van der Waals surface area contributed by atoms with Crippen molar-refractivity contribution in [3.63, 3.8) is 0 Å². The summed E-state index contributed by atoms with van der Waals surface area (Å²) in [7, 11) is 1.36. The maximum absolute atomic E-state index is 12.6. The van der Waals surface area contributed by atoms with Gasteiger partial charge in [-0.25, -0.2) is 0 Å². The van der Waals surface area contributed by atoms with E-state index >= 15 is 0 Å². The number of fused-ring (bicyclic) bond motifs is 2. The summed E-state index contributed by atoms with van der Waals surface area (Å²) >= 11 is 5.86. The van der Waals surface area contributed by atoms with E-state index in [9.17, 15) is 14.9 Å². The predicted octanol–water partition coefficient (Wildman–Crippen LogP) is 2.98. The summed E-state index contributed by atoms with van der Waals surface area (Å²) in [6.45, 7) is 0. The number of ether oxygens (including phenoxy) is 1. The normalized spacial score (nSPS) is 11.0. The molecule has 0 aliphatic rings. The van der Waals surface area contributed by atoms with Crippen LogP contribution in [0.25, 0.3) is 19.3 Å². The van der Waals surface area contributed by atoms with Crippen LogP contribution in [0.2, 0.25) is 5.02 Å². The molecule has 0 aliphatic carbocycles. The van der Waals surface area contributed by atoms with Gasteiger partial charge in [0.2, 0.25) is 0 Å². The first-order valence-electron chi connectivity index (χ1n) is 5.91. The number of methoxy groups -OCH3 is 1. The van der Waals surface area contributed by atoms with Crippen molar-refractivity contribution < 1.29 is 9.66 Å². The maximum atomic E-state index is 12.6. The molecule has 0 radical (unpaired) electrons. The summed E-state index contributed by atoms with van der Waals surface area (Å²) in [5, 5.41) is 12.2. The van der Waals surface area contributed by atoms with Gasteiger partial charge < -0.3 is 0 Å². The van der Waals surface area contributed by atoms with E-state index in [1.54, 1.807) is 12.1 Å². The number of nitro groups is 1. The molecule has 0 saturated carbocycles. The van der Waals surface area contributed by atoms with Crippen LogP contribution in [0.3, 0.4) is 0 Å². The van der Waals surface area contributed by atoms with Crippen molar-refractivity contribution in [3.8, 4) is 5.75 Å². The molecule has 3 aromatic rings. The summed E-state index contributed by atoms with van der Waals surface area (Å²) in [6.07, 6.45) is 0. The fourth-order valence-electron chi connectivity index (χ4n) is 2.18. The number of rotatable bonds is 2. The molecule has 0 N–H and O–H groups in total. The van der Waals surface area contributed by atoms with Crippen molar-refractivity contribution in [3.05, 3.63) is 55.7 Å². The molecule has 1 aromatic heterocycles. The number of hydrogen-bond acceptors (Lipinski definition) is 4. The van der Waals surface area contributed by atoms with Crippen molar-refractivity contribution in [2.24, 2.45) is 0 Å². The Morgan fingerprint density at radius 3 is 2.71 bits per heavy atom. The van der Waals surface area contributed by atoms with Crippen molar-refractivity contribution in [1.29, 1.82) is 0 Å². The first-order chi connectivity index (χ1) is 10.0. The van der Waals surface area contributed by atoms with Gasteiger partial charge in [0.1, 0.15) is 0 Å². The zero-order chi connectivity index (χ0) is 15.1. The summed E-state index contributed by atoms with van der Waals surface area (Å²) in [5.41, 5.74) is -0.408. The number of nitrogens with zero attached hydrogens (tertiary/aromatic N) is 1. The molecular formula is C14H8ClNO4Se. The molecule has 5 nitrogen and oxygen atoms in total. The van der Waals surface area contributed by atoms with Crippen LogP contribution in [0, 0.1) is 10.1 Å². The number of non-ortho nitro benzene ring substituents is 1. The van der Waals surface area contributed by atoms with Crippen molar-refractivity contribution >= 4 is 51.1 Å². The van der Waals surface area contributed by atoms with Gasteiger partial charge in [0.25, 0.3) is 0 Å². The molecule has 0 spiro atoms. The van der Waals surface area contributed by atoms with E-state index in [1.807, 2.05) is 12.1 Å². The van der Waals surface area contributed by atoms with Gasteiger partial charge in [-0.15, -0.1) is 0 Å². The Hall–Kier alpha value is -1.88. The Morgan fingerprint density at radius 1 is 1.33 bits per heavy atom. The van der Waals surface area contributed by atoms with Gasteiger partial charge in [-0.3, -0.25) is 0 Å². The Balaban J connectivity index is 2.64. The summed E-state index contributed by atoms with van der Waals surface area (Å²) in [4.78, 5) is 23.4. The van der Waals surface area contributed by atoms with Gasteiger partial charge in [0.05, 0.1) is 0 Å². The third kappa shape index (κ3) is 2.12. The molecule has 3 rings (SSSR count). The molecule has 0 aliphatic heterocycles. The third-order valence-electron chi connectivity index (χ3n) is 3.15. The Bertz CT molecular complexity index is 951. The predicted molar refractivity (Wildman–Crippen MR) is 82.9 cm³/mol. The molecule has 0 bridgehead atoms. The van der Waals surface area contributed by atoms with E-state index in [0.29, 0.717) is 9.65 Å². The molecule has 106 valence electrons.